The molecule has 0 radical (unpaired) electrons. The van der Waals surface area contributed by atoms with Crippen LogP contribution in [0, 0.1) is 24.0 Å². The van der Waals surface area contributed by atoms with Crippen LogP contribution >= 0.6 is 11.3 Å². The number of carbonyl (C=O) groups is 5. The summed E-state index contributed by atoms with van der Waals surface area (Å²) in [6.45, 7) is 9.84. The number of rotatable bonds is 18. The number of aromatic nitrogens is 3. The molecule has 362 valence electrons. The highest BCUT2D eigenvalue weighted by atomic mass is 32.2. The topological polar surface area (TPSA) is 212 Å². The van der Waals surface area contributed by atoms with E-state index in [0.29, 0.717) is 42.7 Å². The van der Waals surface area contributed by atoms with E-state index in [9.17, 15) is 36.8 Å². The number of fused-ring (bicyclic) bond motifs is 1. The highest BCUT2D eigenvalue weighted by Crippen LogP contribution is 2.32. The van der Waals surface area contributed by atoms with Gasteiger partial charge in [0.1, 0.15) is 23.5 Å². The second kappa shape index (κ2) is 21.2. The Morgan fingerprint density at radius 2 is 1.64 bits per heavy atom. The number of aromatic amines is 1. The lowest BCUT2D eigenvalue weighted by molar-refractivity contribution is -0.144. The maximum atomic E-state index is 15.5. The Hall–Kier alpha value is -6.86. The van der Waals surface area contributed by atoms with Gasteiger partial charge < -0.3 is 25.8 Å². The van der Waals surface area contributed by atoms with Crippen LogP contribution in [0.5, 0.6) is 0 Å². The van der Waals surface area contributed by atoms with Crippen LogP contribution in [0.25, 0.3) is 32.6 Å². The van der Waals surface area contributed by atoms with Gasteiger partial charge >= 0.3 is 0 Å². The van der Waals surface area contributed by atoms with Gasteiger partial charge in [0.05, 0.1) is 33.1 Å². The smallest absolute Gasteiger partial charge is 0.246 e. The van der Waals surface area contributed by atoms with Gasteiger partial charge in [0, 0.05) is 60.5 Å². The monoisotopic (exact) mass is 980 g/mol. The van der Waals surface area contributed by atoms with Crippen molar-refractivity contribution in [3.63, 3.8) is 0 Å². The molecule has 1 fully saturated rings. The summed E-state index contributed by atoms with van der Waals surface area (Å²) in [5.41, 5.74) is 4.48. The van der Waals surface area contributed by atoms with Crippen LogP contribution in [0.3, 0.4) is 0 Å². The zero-order valence-electron chi connectivity index (χ0n) is 38.9. The summed E-state index contributed by atoms with van der Waals surface area (Å²) < 4.78 is 57.2. The number of halogens is 2. The fourth-order valence-electron chi connectivity index (χ4n) is 8.20. The number of benzene rings is 3. The fraction of sp³-hybridized carbons (Fsp3) is 0.340. The first-order valence-corrected chi connectivity index (χ1v) is 25.1. The standard InChI is InChI=1S/C50H54F2N8O7S2/c1-6-23-69(66,67)59-38-21-20-37(51)42(43(38)52)44(63)36-27-54-47-35(36)24-33(26-53-47)31-16-18-34(19-17-31)57-40(61)10-7-11-41(62)58-46(50(3,4)5)49(65)60-22-8-9-39(60)48(64)55-25-30-12-14-32(15-13-30)45-29(2)56-28-68-45/h12-21,24,26-28,39,46,59H,6-11,22-23,25H2,1-5H3,(H,53,54)(H,55,64)(H,57,61)(H,58,62)/t39-,46+/m0/s1. The van der Waals surface area contributed by atoms with E-state index >= 15 is 4.39 Å². The van der Waals surface area contributed by atoms with E-state index in [-0.39, 0.29) is 65.8 Å². The minimum absolute atomic E-state index is 0.0148. The molecule has 6 aromatic rings. The van der Waals surface area contributed by atoms with Crippen molar-refractivity contribution in [2.24, 2.45) is 5.41 Å². The fourth-order valence-corrected chi connectivity index (χ4v) is 10.1. The largest absolute Gasteiger partial charge is 0.350 e. The van der Waals surface area contributed by atoms with Crippen molar-refractivity contribution in [3.05, 3.63) is 119 Å². The predicted octanol–water partition coefficient (Wildman–Crippen LogP) is 8.27. The molecule has 19 heteroatoms. The molecule has 0 aliphatic carbocycles. The summed E-state index contributed by atoms with van der Waals surface area (Å²) >= 11 is 1.57. The van der Waals surface area contributed by atoms with E-state index in [1.54, 1.807) is 59.7 Å². The molecule has 3 aromatic heterocycles. The molecule has 7 rings (SSSR count). The number of pyridine rings is 1. The molecule has 4 amide bonds. The number of ketones is 1. The third-order valence-electron chi connectivity index (χ3n) is 11.8. The maximum Gasteiger partial charge on any atom is 0.246 e. The van der Waals surface area contributed by atoms with Crippen LogP contribution < -0.4 is 20.7 Å². The highest BCUT2D eigenvalue weighted by molar-refractivity contribution is 7.92. The number of sulfonamides is 1. The second-order valence-electron chi connectivity index (χ2n) is 18.1. The number of nitrogens with one attached hydrogen (secondary N) is 5. The number of amides is 4. The number of hydrogen-bond donors (Lipinski definition) is 5. The molecule has 3 aromatic carbocycles. The summed E-state index contributed by atoms with van der Waals surface area (Å²) in [5, 5.41) is 8.96. The molecule has 4 heterocycles. The first-order valence-electron chi connectivity index (χ1n) is 22.6. The lowest BCUT2D eigenvalue weighted by Gasteiger charge is -2.35. The van der Waals surface area contributed by atoms with Gasteiger partial charge in [-0.2, -0.15) is 0 Å². The quantitative estimate of drug-likeness (QED) is 0.0524. The van der Waals surface area contributed by atoms with Crippen molar-refractivity contribution in [1.29, 1.82) is 0 Å². The number of anilines is 2. The van der Waals surface area contributed by atoms with Gasteiger partial charge in [-0.1, -0.05) is 64.1 Å². The van der Waals surface area contributed by atoms with Gasteiger partial charge in [0.25, 0.3) is 0 Å². The zero-order valence-corrected chi connectivity index (χ0v) is 40.5. The Labute approximate surface area is 403 Å². The maximum absolute atomic E-state index is 15.5. The van der Waals surface area contributed by atoms with E-state index in [2.05, 4.69) is 35.6 Å². The van der Waals surface area contributed by atoms with Crippen LogP contribution in [0.1, 0.15) is 93.4 Å². The van der Waals surface area contributed by atoms with Crippen molar-refractivity contribution in [2.45, 2.75) is 91.8 Å². The summed E-state index contributed by atoms with van der Waals surface area (Å²) in [6, 6.07) is 16.5. The summed E-state index contributed by atoms with van der Waals surface area (Å²) in [4.78, 5) is 81.4. The zero-order chi connectivity index (χ0) is 49.6. The number of thiazole rings is 1. The number of likely N-dealkylation sites (tertiary alicyclic amines) is 1. The first-order chi connectivity index (χ1) is 32.8. The van der Waals surface area contributed by atoms with E-state index in [1.807, 2.05) is 57.5 Å². The SMILES string of the molecule is CCCS(=O)(=O)Nc1ccc(F)c(C(=O)c2c[nH]c3ncc(-c4ccc(NC(=O)CCCC(=O)N[C@H](C(=O)N5CCC[C@H]5C(=O)NCc5ccc(-c6scnc6C)cc5)C(C)(C)C)cc4)cc23)c1F. The molecule has 0 unspecified atom stereocenters. The average molecular weight is 981 g/mol. The number of carbonyl (C=O) groups excluding carboxylic acids is 5. The molecule has 1 aliphatic rings. The van der Waals surface area contributed by atoms with Crippen molar-refractivity contribution in [3.8, 4) is 21.6 Å². The minimum Gasteiger partial charge on any atom is -0.350 e. The Kier molecular flexibility index (Phi) is 15.4. The molecule has 1 aliphatic heterocycles. The average Bonchev–Trinajstić information content (AvgIpc) is 4.08. The lowest BCUT2D eigenvalue weighted by atomic mass is 9.85. The van der Waals surface area contributed by atoms with Gasteiger partial charge in [-0.3, -0.25) is 28.7 Å². The number of nitrogens with zero attached hydrogens (tertiary/aromatic N) is 3. The molecule has 0 spiro atoms. The summed E-state index contributed by atoms with van der Waals surface area (Å²) in [6.07, 6.45) is 4.45. The Bertz CT molecular complexity index is 3000. The molecular formula is C50H54F2N8O7S2. The van der Waals surface area contributed by atoms with Gasteiger partial charge in [0.15, 0.2) is 5.82 Å². The molecule has 0 bridgehead atoms. The molecule has 0 saturated carbocycles. The Morgan fingerprint density at radius 3 is 2.32 bits per heavy atom. The third-order valence-corrected chi connectivity index (χ3v) is 14.3. The molecule has 5 N–H and O–H groups in total. The Balaban J connectivity index is 0.908. The van der Waals surface area contributed by atoms with Crippen LogP contribution in [0.2, 0.25) is 0 Å². The number of H-pyrrole nitrogens is 1. The van der Waals surface area contributed by atoms with E-state index in [1.165, 1.54) is 6.20 Å². The van der Waals surface area contributed by atoms with Crippen molar-refractivity contribution in [1.82, 2.24) is 30.5 Å². The predicted molar refractivity (Wildman–Crippen MR) is 262 cm³/mol. The number of aryl methyl sites for hydroxylation is 1. The molecule has 15 nitrogen and oxygen atoms in total. The van der Waals surface area contributed by atoms with Gasteiger partial charge in [-0.15, -0.1) is 11.3 Å². The molecule has 69 heavy (non-hydrogen) atoms. The van der Waals surface area contributed by atoms with Crippen molar-refractivity contribution in [2.75, 3.05) is 22.3 Å². The first kappa shape index (κ1) is 50.0. The van der Waals surface area contributed by atoms with E-state index in [0.717, 1.165) is 33.8 Å². The molecule has 1 saturated heterocycles. The number of hydrogen-bond acceptors (Lipinski definition) is 10. The van der Waals surface area contributed by atoms with E-state index in [4.69, 9.17) is 0 Å². The summed E-state index contributed by atoms with van der Waals surface area (Å²) in [7, 11) is -3.93. The Morgan fingerprint density at radius 1 is 0.928 bits per heavy atom. The van der Waals surface area contributed by atoms with Gasteiger partial charge in [0.2, 0.25) is 39.4 Å². The normalized spacial score (nSPS) is 14.4. The van der Waals surface area contributed by atoms with Gasteiger partial charge in [-0.25, -0.2) is 27.2 Å². The van der Waals surface area contributed by atoms with Crippen molar-refractivity contribution < 1.29 is 41.2 Å². The van der Waals surface area contributed by atoms with Crippen LogP contribution in [-0.2, 0) is 35.7 Å². The van der Waals surface area contributed by atoms with Crippen molar-refractivity contribution >= 4 is 73.2 Å². The molecule has 2 atom stereocenters. The van der Waals surface area contributed by atoms with Crippen LogP contribution in [-0.4, -0.2) is 82.1 Å². The second-order valence-corrected chi connectivity index (χ2v) is 20.8. The molecular weight excluding hydrogens is 927 g/mol. The van der Waals surface area contributed by atoms with Crippen LogP contribution in [0.15, 0.2) is 84.6 Å². The summed E-state index contributed by atoms with van der Waals surface area (Å²) in [5.74, 6) is -5.13. The van der Waals surface area contributed by atoms with Crippen LogP contribution in [0.4, 0.5) is 20.2 Å². The van der Waals surface area contributed by atoms with Gasteiger partial charge in [-0.05, 0) is 85.0 Å². The van der Waals surface area contributed by atoms with E-state index < -0.39 is 62.1 Å². The highest BCUT2D eigenvalue weighted by Gasteiger charge is 2.42. The lowest BCUT2D eigenvalue weighted by Crippen LogP contribution is -2.57. The third kappa shape index (κ3) is 11.9. The minimum atomic E-state index is -3.93.